The van der Waals surface area contributed by atoms with E-state index in [1.807, 2.05) is 6.08 Å². The molecule has 0 aromatic heterocycles. The van der Waals surface area contributed by atoms with E-state index >= 15 is 0 Å². The van der Waals surface area contributed by atoms with Crippen LogP contribution in [0.5, 0.6) is 0 Å². The van der Waals surface area contributed by atoms with E-state index in [4.69, 9.17) is 9.47 Å². The van der Waals surface area contributed by atoms with Gasteiger partial charge < -0.3 is 14.6 Å². The fraction of sp³-hybridized carbons (Fsp3) is 0.846. The highest BCUT2D eigenvalue weighted by Gasteiger charge is 2.30. The predicted octanol–water partition coefficient (Wildman–Crippen LogP) is 1.15. The lowest BCUT2D eigenvalue weighted by Gasteiger charge is -2.36. The van der Waals surface area contributed by atoms with Crippen LogP contribution in [0.2, 0.25) is 0 Å². The van der Waals surface area contributed by atoms with Gasteiger partial charge in [0, 0.05) is 13.1 Å². The van der Waals surface area contributed by atoms with Crippen LogP contribution in [0.15, 0.2) is 11.8 Å². The molecule has 1 saturated heterocycles. The zero-order chi connectivity index (χ0) is 12.1. The molecule has 4 heteroatoms. The molecular formula is C13H23NO3. The molecule has 2 heterocycles. The van der Waals surface area contributed by atoms with E-state index in [-0.39, 0.29) is 6.10 Å². The first-order valence-corrected chi connectivity index (χ1v) is 6.66. The number of ether oxygens (including phenoxy) is 2. The third-order valence-electron chi connectivity index (χ3n) is 3.32. The van der Waals surface area contributed by atoms with Gasteiger partial charge in [0.2, 0.25) is 0 Å². The van der Waals surface area contributed by atoms with Crippen LogP contribution in [-0.2, 0) is 9.47 Å². The van der Waals surface area contributed by atoms with E-state index in [1.165, 1.54) is 0 Å². The molecule has 0 spiro atoms. The molecule has 0 aromatic rings. The standard InChI is InChI=1S/C13H23NO3/c1-2-6-14-7-9-17-12(10-14)13(15)11-5-3-4-8-16-11/h5,12-13,15H,2-4,6-10H2,1H3. The van der Waals surface area contributed by atoms with Crippen molar-refractivity contribution in [3.8, 4) is 0 Å². The molecule has 1 fully saturated rings. The van der Waals surface area contributed by atoms with Crippen molar-refractivity contribution in [3.63, 3.8) is 0 Å². The lowest BCUT2D eigenvalue weighted by Crippen LogP contribution is -2.48. The third kappa shape index (κ3) is 3.44. The van der Waals surface area contributed by atoms with Gasteiger partial charge in [0.1, 0.15) is 18.0 Å². The molecular weight excluding hydrogens is 218 g/mol. The lowest BCUT2D eigenvalue weighted by atomic mass is 10.1. The summed E-state index contributed by atoms with van der Waals surface area (Å²) in [6.07, 6.45) is 4.44. The molecule has 2 aliphatic heterocycles. The van der Waals surface area contributed by atoms with Crippen molar-refractivity contribution in [1.29, 1.82) is 0 Å². The van der Waals surface area contributed by atoms with Crippen molar-refractivity contribution in [3.05, 3.63) is 11.8 Å². The Hall–Kier alpha value is -0.580. The van der Waals surface area contributed by atoms with Gasteiger partial charge >= 0.3 is 0 Å². The van der Waals surface area contributed by atoms with Gasteiger partial charge in [0.25, 0.3) is 0 Å². The topological polar surface area (TPSA) is 41.9 Å². The van der Waals surface area contributed by atoms with Crippen LogP contribution in [0, 0.1) is 0 Å². The molecule has 2 unspecified atom stereocenters. The monoisotopic (exact) mass is 241 g/mol. The highest BCUT2D eigenvalue weighted by molar-refractivity contribution is 5.05. The van der Waals surface area contributed by atoms with Gasteiger partial charge in [-0.15, -0.1) is 0 Å². The molecule has 2 atom stereocenters. The summed E-state index contributed by atoms with van der Waals surface area (Å²) in [5, 5.41) is 10.2. The van der Waals surface area contributed by atoms with Crippen LogP contribution in [0.1, 0.15) is 26.2 Å². The van der Waals surface area contributed by atoms with Gasteiger partial charge in [-0.05, 0) is 31.9 Å². The quantitative estimate of drug-likeness (QED) is 0.802. The van der Waals surface area contributed by atoms with E-state index in [9.17, 15) is 5.11 Å². The van der Waals surface area contributed by atoms with Crippen LogP contribution in [0.25, 0.3) is 0 Å². The summed E-state index contributed by atoms with van der Waals surface area (Å²) in [5.41, 5.74) is 0. The van der Waals surface area contributed by atoms with E-state index in [2.05, 4.69) is 11.8 Å². The Morgan fingerprint density at radius 3 is 3.12 bits per heavy atom. The largest absolute Gasteiger partial charge is 0.495 e. The number of aliphatic hydroxyl groups is 1. The Balaban J connectivity index is 1.89. The highest BCUT2D eigenvalue weighted by Crippen LogP contribution is 2.20. The second-order valence-electron chi connectivity index (χ2n) is 4.75. The lowest BCUT2D eigenvalue weighted by molar-refractivity contribution is -0.0915. The summed E-state index contributed by atoms with van der Waals surface area (Å²) in [7, 11) is 0. The smallest absolute Gasteiger partial charge is 0.138 e. The maximum atomic E-state index is 10.2. The number of rotatable bonds is 4. The fourth-order valence-corrected chi connectivity index (χ4v) is 2.41. The molecule has 0 saturated carbocycles. The average Bonchev–Trinajstić information content (AvgIpc) is 2.40. The fourth-order valence-electron chi connectivity index (χ4n) is 2.41. The normalized spacial score (nSPS) is 28.4. The van der Waals surface area contributed by atoms with Gasteiger partial charge in [0.05, 0.1) is 13.2 Å². The van der Waals surface area contributed by atoms with E-state index < -0.39 is 6.10 Å². The van der Waals surface area contributed by atoms with Gasteiger partial charge in [-0.25, -0.2) is 0 Å². The Labute approximate surface area is 103 Å². The first-order valence-electron chi connectivity index (χ1n) is 6.66. The number of allylic oxidation sites excluding steroid dienone is 1. The first-order chi connectivity index (χ1) is 8.31. The van der Waals surface area contributed by atoms with Crippen LogP contribution >= 0.6 is 0 Å². The van der Waals surface area contributed by atoms with E-state index in [0.717, 1.165) is 38.9 Å². The molecule has 0 radical (unpaired) electrons. The Bertz CT molecular complexity index is 265. The van der Waals surface area contributed by atoms with Crippen molar-refractivity contribution in [2.45, 2.75) is 38.4 Å². The van der Waals surface area contributed by atoms with Crippen LogP contribution < -0.4 is 0 Å². The van der Waals surface area contributed by atoms with Crippen molar-refractivity contribution >= 4 is 0 Å². The molecule has 0 aliphatic carbocycles. The summed E-state index contributed by atoms with van der Waals surface area (Å²) in [6.45, 7) is 6.44. The second kappa shape index (κ2) is 6.38. The molecule has 2 aliphatic rings. The zero-order valence-corrected chi connectivity index (χ0v) is 10.6. The zero-order valence-electron chi connectivity index (χ0n) is 10.6. The molecule has 98 valence electrons. The minimum Gasteiger partial charge on any atom is -0.495 e. The van der Waals surface area contributed by atoms with Crippen LogP contribution in [0.4, 0.5) is 0 Å². The van der Waals surface area contributed by atoms with Gasteiger partial charge in [-0.1, -0.05) is 6.92 Å². The Morgan fingerprint density at radius 2 is 2.41 bits per heavy atom. The SMILES string of the molecule is CCCN1CCOC(C(O)C2=CCCCO2)C1. The molecule has 17 heavy (non-hydrogen) atoms. The number of hydrogen-bond donors (Lipinski definition) is 1. The predicted molar refractivity (Wildman–Crippen MR) is 65.7 cm³/mol. The maximum absolute atomic E-state index is 10.2. The van der Waals surface area contributed by atoms with Crippen molar-refractivity contribution < 1.29 is 14.6 Å². The number of hydrogen-bond acceptors (Lipinski definition) is 4. The Morgan fingerprint density at radius 1 is 1.53 bits per heavy atom. The van der Waals surface area contributed by atoms with E-state index in [0.29, 0.717) is 19.0 Å². The highest BCUT2D eigenvalue weighted by atomic mass is 16.5. The molecule has 4 nitrogen and oxygen atoms in total. The number of nitrogens with zero attached hydrogens (tertiary/aromatic N) is 1. The van der Waals surface area contributed by atoms with Crippen LogP contribution in [-0.4, -0.2) is 55.1 Å². The summed E-state index contributed by atoms with van der Waals surface area (Å²) < 4.78 is 11.2. The van der Waals surface area contributed by atoms with Gasteiger partial charge in [-0.3, -0.25) is 4.90 Å². The Kier molecular flexibility index (Phi) is 4.83. The number of morpholine rings is 1. The van der Waals surface area contributed by atoms with E-state index in [1.54, 1.807) is 0 Å². The molecule has 0 amide bonds. The van der Waals surface area contributed by atoms with Crippen molar-refractivity contribution in [1.82, 2.24) is 4.90 Å². The van der Waals surface area contributed by atoms with Gasteiger partial charge in [-0.2, -0.15) is 0 Å². The molecule has 2 rings (SSSR count). The maximum Gasteiger partial charge on any atom is 0.138 e. The minimum atomic E-state index is -0.602. The average molecular weight is 241 g/mol. The molecule has 0 aromatic carbocycles. The second-order valence-corrected chi connectivity index (χ2v) is 4.75. The van der Waals surface area contributed by atoms with Gasteiger partial charge in [0.15, 0.2) is 0 Å². The van der Waals surface area contributed by atoms with Crippen LogP contribution in [0.3, 0.4) is 0 Å². The summed E-state index contributed by atoms with van der Waals surface area (Å²) in [5.74, 6) is 0.708. The molecule has 0 bridgehead atoms. The number of aliphatic hydroxyl groups excluding tert-OH is 1. The summed E-state index contributed by atoms with van der Waals surface area (Å²) in [6, 6.07) is 0. The first kappa shape index (κ1) is 12.9. The summed E-state index contributed by atoms with van der Waals surface area (Å²) >= 11 is 0. The molecule has 1 N–H and O–H groups in total. The van der Waals surface area contributed by atoms with Crippen molar-refractivity contribution in [2.75, 3.05) is 32.8 Å². The third-order valence-corrected chi connectivity index (χ3v) is 3.32. The van der Waals surface area contributed by atoms with Crippen molar-refractivity contribution in [2.24, 2.45) is 0 Å². The summed E-state index contributed by atoms with van der Waals surface area (Å²) in [4.78, 5) is 2.35. The minimum absolute atomic E-state index is 0.139.